The standard InChI is InChI=1S/C12H10N2O2/c13-12-10(7-15)4-9(6-14-12)8-2-1-3-11(16)5-8/h1-7,16H,(H2,13,14). The molecule has 0 spiro atoms. The fourth-order valence-electron chi connectivity index (χ4n) is 1.43. The Bertz CT molecular complexity index is 538. The Hall–Kier alpha value is -2.36. The van der Waals surface area contributed by atoms with Gasteiger partial charge in [0, 0.05) is 11.8 Å². The van der Waals surface area contributed by atoms with Crippen LogP contribution in [0.3, 0.4) is 0 Å². The van der Waals surface area contributed by atoms with Crippen molar-refractivity contribution in [2.24, 2.45) is 0 Å². The van der Waals surface area contributed by atoms with Crippen LogP contribution in [0.5, 0.6) is 5.75 Å². The number of aldehydes is 1. The largest absolute Gasteiger partial charge is 0.508 e. The van der Waals surface area contributed by atoms with E-state index in [1.807, 2.05) is 6.07 Å². The maximum Gasteiger partial charge on any atom is 0.153 e. The van der Waals surface area contributed by atoms with E-state index in [0.29, 0.717) is 11.8 Å². The zero-order chi connectivity index (χ0) is 11.5. The van der Waals surface area contributed by atoms with Crippen LogP contribution in [0.25, 0.3) is 11.1 Å². The molecule has 0 radical (unpaired) electrons. The molecule has 4 nitrogen and oxygen atoms in total. The van der Waals surface area contributed by atoms with Crippen LogP contribution in [0, 0.1) is 0 Å². The smallest absolute Gasteiger partial charge is 0.153 e. The van der Waals surface area contributed by atoms with Gasteiger partial charge < -0.3 is 10.8 Å². The highest BCUT2D eigenvalue weighted by Crippen LogP contribution is 2.24. The third-order valence-electron chi connectivity index (χ3n) is 2.26. The average Bonchev–Trinajstić information content (AvgIpc) is 2.29. The number of hydrogen-bond donors (Lipinski definition) is 2. The molecule has 3 N–H and O–H groups in total. The van der Waals surface area contributed by atoms with Crippen LogP contribution in [-0.4, -0.2) is 16.4 Å². The normalized spacial score (nSPS) is 10.0. The molecule has 0 saturated heterocycles. The molecule has 0 aliphatic heterocycles. The summed E-state index contributed by atoms with van der Waals surface area (Å²) in [6.07, 6.45) is 2.23. The van der Waals surface area contributed by atoms with Crippen molar-refractivity contribution in [2.75, 3.05) is 5.73 Å². The predicted molar refractivity (Wildman–Crippen MR) is 61.1 cm³/mol. The van der Waals surface area contributed by atoms with E-state index >= 15 is 0 Å². The first-order chi connectivity index (χ1) is 7.70. The molecule has 2 rings (SSSR count). The maximum absolute atomic E-state index is 10.7. The highest BCUT2D eigenvalue weighted by Gasteiger charge is 2.04. The average molecular weight is 214 g/mol. The number of hydrogen-bond acceptors (Lipinski definition) is 4. The van der Waals surface area contributed by atoms with Gasteiger partial charge in [0.05, 0.1) is 5.56 Å². The van der Waals surface area contributed by atoms with Gasteiger partial charge in [0.25, 0.3) is 0 Å². The van der Waals surface area contributed by atoms with Crippen LogP contribution in [0.1, 0.15) is 10.4 Å². The monoisotopic (exact) mass is 214 g/mol. The lowest BCUT2D eigenvalue weighted by atomic mass is 10.1. The summed E-state index contributed by atoms with van der Waals surface area (Å²) in [4.78, 5) is 14.6. The molecule has 0 unspecified atom stereocenters. The first-order valence-corrected chi connectivity index (χ1v) is 4.71. The summed E-state index contributed by atoms with van der Waals surface area (Å²) >= 11 is 0. The van der Waals surface area contributed by atoms with Crippen LogP contribution in [0.4, 0.5) is 5.82 Å². The third kappa shape index (κ3) is 1.86. The number of carbonyl (C=O) groups is 1. The number of anilines is 1. The lowest BCUT2D eigenvalue weighted by Gasteiger charge is -2.04. The molecule has 0 saturated carbocycles. The van der Waals surface area contributed by atoms with Crippen molar-refractivity contribution in [3.05, 3.63) is 42.1 Å². The van der Waals surface area contributed by atoms with Gasteiger partial charge in [-0.1, -0.05) is 12.1 Å². The van der Waals surface area contributed by atoms with E-state index in [9.17, 15) is 9.90 Å². The minimum atomic E-state index is 0.168. The van der Waals surface area contributed by atoms with Crippen molar-refractivity contribution in [1.29, 1.82) is 0 Å². The number of carbonyl (C=O) groups excluding carboxylic acids is 1. The Morgan fingerprint density at radius 3 is 2.75 bits per heavy atom. The molecule has 16 heavy (non-hydrogen) atoms. The second-order valence-corrected chi connectivity index (χ2v) is 3.37. The molecule has 0 aliphatic carbocycles. The molecule has 1 aromatic carbocycles. The fourth-order valence-corrected chi connectivity index (χ4v) is 1.43. The van der Waals surface area contributed by atoms with E-state index in [0.717, 1.165) is 11.1 Å². The molecular weight excluding hydrogens is 204 g/mol. The van der Waals surface area contributed by atoms with Crippen molar-refractivity contribution in [1.82, 2.24) is 4.98 Å². The van der Waals surface area contributed by atoms with Gasteiger partial charge in [-0.05, 0) is 23.8 Å². The van der Waals surface area contributed by atoms with Gasteiger partial charge >= 0.3 is 0 Å². The van der Waals surface area contributed by atoms with Crippen molar-refractivity contribution < 1.29 is 9.90 Å². The Labute approximate surface area is 92.4 Å². The zero-order valence-electron chi connectivity index (χ0n) is 8.42. The lowest BCUT2D eigenvalue weighted by molar-refractivity contribution is 0.112. The number of pyridine rings is 1. The van der Waals surface area contributed by atoms with Gasteiger partial charge in [-0.15, -0.1) is 0 Å². The maximum atomic E-state index is 10.7. The highest BCUT2D eigenvalue weighted by atomic mass is 16.3. The summed E-state index contributed by atoms with van der Waals surface area (Å²) < 4.78 is 0. The summed E-state index contributed by atoms with van der Waals surface area (Å²) in [5.74, 6) is 0.376. The van der Waals surface area contributed by atoms with Crippen LogP contribution in [-0.2, 0) is 0 Å². The third-order valence-corrected chi connectivity index (χ3v) is 2.26. The minimum absolute atomic E-state index is 0.168. The van der Waals surface area contributed by atoms with E-state index in [1.54, 1.807) is 30.5 Å². The quantitative estimate of drug-likeness (QED) is 0.748. The minimum Gasteiger partial charge on any atom is -0.508 e. The van der Waals surface area contributed by atoms with Crippen LogP contribution in [0.15, 0.2) is 36.5 Å². The predicted octanol–water partition coefficient (Wildman–Crippen LogP) is 1.85. The second kappa shape index (κ2) is 4.02. The summed E-state index contributed by atoms with van der Waals surface area (Å²) in [5, 5.41) is 9.34. The van der Waals surface area contributed by atoms with E-state index < -0.39 is 0 Å². The van der Waals surface area contributed by atoms with Crippen molar-refractivity contribution >= 4 is 12.1 Å². The topological polar surface area (TPSA) is 76.2 Å². The number of phenolic OH excluding ortho intramolecular Hbond substituents is 1. The van der Waals surface area contributed by atoms with Gasteiger partial charge in [0.2, 0.25) is 0 Å². The lowest BCUT2D eigenvalue weighted by Crippen LogP contribution is -1.96. The number of phenols is 1. The van der Waals surface area contributed by atoms with E-state index in [4.69, 9.17) is 5.73 Å². The molecule has 0 bridgehead atoms. The molecule has 0 fully saturated rings. The SMILES string of the molecule is Nc1ncc(-c2cccc(O)c2)cc1C=O. The number of benzene rings is 1. The van der Waals surface area contributed by atoms with Gasteiger partial charge in [-0.25, -0.2) is 4.98 Å². The molecule has 0 amide bonds. The number of nitrogen functional groups attached to an aromatic ring is 1. The van der Waals surface area contributed by atoms with Crippen LogP contribution >= 0.6 is 0 Å². The first kappa shape index (κ1) is 10.2. The van der Waals surface area contributed by atoms with Crippen LogP contribution in [0.2, 0.25) is 0 Å². The molecule has 0 aliphatic rings. The molecule has 80 valence electrons. The zero-order valence-corrected chi connectivity index (χ0v) is 8.42. The highest BCUT2D eigenvalue weighted by molar-refractivity contribution is 5.84. The fraction of sp³-hybridized carbons (Fsp3) is 0. The molecule has 1 heterocycles. The Balaban J connectivity index is 2.52. The first-order valence-electron chi connectivity index (χ1n) is 4.71. The van der Waals surface area contributed by atoms with E-state index in [1.165, 1.54) is 0 Å². The number of aromatic hydroxyl groups is 1. The summed E-state index contributed by atoms with van der Waals surface area (Å²) in [6.45, 7) is 0. The summed E-state index contributed by atoms with van der Waals surface area (Å²) in [7, 11) is 0. The van der Waals surface area contributed by atoms with Gasteiger partial charge in [0.15, 0.2) is 6.29 Å². The Kier molecular flexibility index (Phi) is 2.55. The molecule has 0 atom stereocenters. The molecule has 2 aromatic rings. The Morgan fingerprint density at radius 1 is 1.25 bits per heavy atom. The van der Waals surface area contributed by atoms with Gasteiger partial charge in [-0.3, -0.25) is 4.79 Å². The summed E-state index contributed by atoms with van der Waals surface area (Å²) in [5.41, 5.74) is 7.39. The second-order valence-electron chi connectivity index (χ2n) is 3.37. The molecule has 1 aromatic heterocycles. The number of nitrogens with two attached hydrogens (primary N) is 1. The van der Waals surface area contributed by atoms with Crippen molar-refractivity contribution in [2.45, 2.75) is 0 Å². The number of rotatable bonds is 2. The van der Waals surface area contributed by atoms with E-state index in [-0.39, 0.29) is 11.6 Å². The number of aromatic nitrogens is 1. The number of nitrogens with zero attached hydrogens (tertiary/aromatic N) is 1. The Morgan fingerprint density at radius 2 is 2.06 bits per heavy atom. The van der Waals surface area contributed by atoms with E-state index in [2.05, 4.69) is 4.98 Å². The van der Waals surface area contributed by atoms with Crippen molar-refractivity contribution in [3.63, 3.8) is 0 Å². The van der Waals surface area contributed by atoms with Gasteiger partial charge in [-0.2, -0.15) is 0 Å². The van der Waals surface area contributed by atoms with Gasteiger partial charge in [0.1, 0.15) is 11.6 Å². The van der Waals surface area contributed by atoms with Crippen LogP contribution < -0.4 is 5.73 Å². The molecule has 4 heteroatoms. The summed E-state index contributed by atoms with van der Waals surface area (Å²) in [6, 6.07) is 8.36. The van der Waals surface area contributed by atoms with Crippen molar-refractivity contribution in [3.8, 4) is 16.9 Å². The molecular formula is C12H10N2O2.